The molecule has 30 heavy (non-hydrogen) atoms. The molecule has 1 atom stereocenters. The van der Waals surface area contributed by atoms with Gasteiger partial charge in [-0.3, -0.25) is 9.10 Å². The molecule has 0 radical (unpaired) electrons. The maximum Gasteiger partial charge on any atom is 0.264 e. The van der Waals surface area contributed by atoms with Crippen LogP contribution in [0.25, 0.3) is 0 Å². The fourth-order valence-corrected chi connectivity index (χ4v) is 4.37. The molecule has 0 aliphatic heterocycles. The summed E-state index contributed by atoms with van der Waals surface area (Å²) < 4.78 is 27.3. The molecule has 6 heteroatoms. The molecule has 1 N–H and O–H groups in total. The number of amides is 1. The second kappa shape index (κ2) is 8.71. The minimum absolute atomic E-state index is 0.179. The topological polar surface area (TPSA) is 66.5 Å². The molecule has 0 saturated carbocycles. The Morgan fingerprint density at radius 2 is 1.40 bits per heavy atom. The Morgan fingerprint density at radius 3 is 2.00 bits per heavy atom. The largest absolute Gasteiger partial charge is 0.345 e. The number of nitrogens with one attached hydrogen (secondary N) is 1. The molecular formula is C24H26N2O3S. The van der Waals surface area contributed by atoms with Crippen molar-refractivity contribution in [1.29, 1.82) is 0 Å². The minimum atomic E-state index is -3.80. The quantitative estimate of drug-likeness (QED) is 0.630. The Hall–Kier alpha value is -3.12. The maximum absolute atomic E-state index is 13.1. The second-order valence-electron chi connectivity index (χ2n) is 7.41. The first kappa shape index (κ1) is 21.6. The van der Waals surface area contributed by atoms with Crippen LogP contribution in [0.15, 0.2) is 77.7 Å². The van der Waals surface area contributed by atoms with Gasteiger partial charge in [-0.15, -0.1) is 0 Å². The number of anilines is 1. The Labute approximate surface area is 178 Å². The van der Waals surface area contributed by atoms with Gasteiger partial charge in [-0.1, -0.05) is 59.7 Å². The molecule has 0 spiro atoms. The van der Waals surface area contributed by atoms with Crippen molar-refractivity contribution in [2.75, 3.05) is 11.4 Å². The van der Waals surface area contributed by atoms with E-state index in [9.17, 15) is 13.2 Å². The van der Waals surface area contributed by atoms with Gasteiger partial charge < -0.3 is 5.32 Å². The predicted molar refractivity (Wildman–Crippen MR) is 120 cm³/mol. The van der Waals surface area contributed by atoms with Gasteiger partial charge in [0.15, 0.2) is 0 Å². The van der Waals surface area contributed by atoms with Crippen molar-refractivity contribution in [2.24, 2.45) is 0 Å². The van der Waals surface area contributed by atoms with Gasteiger partial charge in [0.2, 0.25) is 0 Å². The van der Waals surface area contributed by atoms with Gasteiger partial charge in [0.25, 0.3) is 15.9 Å². The van der Waals surface area contributed by atoms with Crippen LogP contribution in [0.4, 0.5) is 5.69 Å². The van der Waals surface area contributed by atoms with Crippen molar-refractivity contribution in [3.05, 3.63) is 95.1 Å². The van der Waals surface area contributed by atoms with Gasteiger partial charge in [0.05, 0.1) is 22.2 Å². The van der Waals surface area contributed by atoms with E-state index in [0.29, 0.717) is 11.3 Å². The van der Waals surface area contributed by atoms with Gasteiger partial charge >= 0.3 is 0 Å². The summed E-state index contributed by atoms with van der Waals surface area (Å²) in [7, 11) is -2.33. The highest BCUT2D eigenvalue weighted by molar-refractivity contribution is 7.92. The molecule has 3 aromatic carbocycles. The fraction of sp³-hybridized carbons (Fsp3) is 0.208. The normalized spacial score (nSPS) is 12.3. The smallest absolute Gasteiger partial charge is 0.264 e. The molecule has 5 nitrogen and oxygen atoms in total. The number of para-hydroxylation sites is 1. The van der Waals surface area contributed by atoms with Gasteiger partial charge in [0, 0.05) is 7.05 Å². The zero-order valence-corrected chi connectivity index (χ0v) is 18.4. The Morgan fingerprint density at radius 1 is 0.867 bits per heavy atom. The number of rotatable bonds is 6. The number of aryl methyl sites for hydroxylation is 2. The molecule has 0 aliphatic rings. The standard InChI is InChI=1S/C24H26N2O3S/c1-17-9-13-20(14-10-17)19(3)25-24(27)22-7-5-6-8-23(22)26(4)30(28,29)21-15-11-18(2)12-16-21/h5-16,19H,1-4H3,(H,25,27)/t19-/m1/s1. The SMILES string of the molecule is Cc1ccc([C@@H](C)NC(=O)c2ccccc2N(C)S(=O)(=O)c2ccc(C)cc2)cc1. The monoisotopic (exact) mass is 422 g/mol. The number of hydrogen-bond donors (Lipinski definition) is 1. The van der Waals surface area contributed by atoms with Crippen molar-refractivity contribution in [3.8, 4) is 0 Å². The van der Waals surface area contributed by atoms with Crippen molar-refractivity contribution in [2.45, 2.75) is 31.7 Å². The van der Waals surface area contributed by atoms with Crippen molar-refractivity contribution < 1.29 is 13.2 Å². The molecular weight excluding hydrogens is 396 g/mol. The first-order chi connectivity index (χ1) is 14.2. The first-order valence-corrected chi connectivity index (χ1v) is 11.2. The van der Waals surface area contributed by atoms with E-state index in [2.05, 4.69) is 5.32 Å². The third kappa shape index (κ3) is 4.54. The zero-order valence-electron chi connectivity index (χ0n) is 17.6. The van der Waals surface area contributed by atoms with E-state index in [1.165, 1.54) is 7.05 Å². The van der Waals surface area contributed by atoms with Gasteiger partial charge in [-0.05, 0) is 50.6 Å². The lowest BCUT2D eigenvalue weighted by atomic mass is 10.1. The van der Waals surface area contributed by atoms with E-state index in [4.69, 9.17) is 0 Å². The van der Waals surface area contributed by atoms with Gasteiger partial charge in [-0.2, -0.15) is 0 Å². The minimum Gasteiger partial charge on any atom is -0.345 e. The molecule has 0 aliphatic carbocycles. The van der Waals surface area contributed by atoms with Crippen LogP contribution in [-0.2, 0) is 10.0 Å². The number of hydrogen-bond acceptors (Lipinski definition) is 3. The molecule has 1 amide bonds. The number of nitrogens with zero attached hydrogens (tertiary/aromatic N) is 1. The Kier molecular flexibility index (Phi) is 6.27. The van der Waals surface area contributed by atoms with Crippen molar-refractivity contribution >= 4 is 21.6 Å². The predicted octanol–water partition coefficient (Wildman–Crippen LogP) is 4.62. The molecule has 0 saturated heterocycles. The summed E-state index contributed by atoms with van der Waals surface area (Å²) in [6.07, 6.45) is 0. The molecule has 3 aromatic rings. The molecule has 156 valence electrons. The summed E-state index contributed by atoms with van der Waals surface area (Å²) in [6.45, 7) is 5.81. The maximum atomic E-state index is 13.1. The van der Waals surface area contributed by atoms with E-state index in [1.54, 1.807) is 48.5 Å². The summed E-state index contributed by atoms with van der Waals surface area (Å²) in [4.78, 5) is 13.2. The lowest BCUT2D eigenvalue weighted by Gasteiger charge is -2.23. The fourth-order valence-electron chi connectivity index (χ4n) is 3.15. The van der Waals surface area contributed by atoms with Gasteiger partial charge in [0.1, 0.15) is 0 Å². The van der Waals surface area contributed by atoms with Crippen molar-refractivity contribution in [3.63, 3.8) is 0 Å². The lowest BCUT2D eigenvalue weighted by molar-refractivity contribution is 0.0940. The highest BCUT2D eigenvalue weighted by Gasteiger charge is 2.25. The third-order valence-corrected chi connectivity index (χ3v) is 6.88. The number of benzene rings is 3. The highest BCUT2D eigenvalue weighted by atomic mass is 32.2. The molecule has 0 fully saturated rings. The van der Waals surface area contributed by atoms with Crippen LogP contribution < -0.4 is 9.62 Å². The number of carbonyl (C=O) groups is 1. The molecule has 0 heterocycles. The van der Waals surface area contributed by atoms with E-state index < -0.39 is 10.0 Å². The lowest BCUT2D eigenvalue weighted by Crippen LogP contribution is -2.31. The van der Waals surface area contributed by atoms with Crippen LogP contribution in [0.3, 0.4) is 0 Å². The van der Waals surface area contributed by atoms with Crippen LogP contribution in [0.2, 0.25) is 0 Å². The van der Waals surface area contributed by atoms with Gasteiger partial charge in [-0.25, -0.2) is 8.42 Å². The average Bonchev–Trinajstić information content (AvgIpc) is 2.74. The van der Waals surface area contributed by atoms with Crippen LogP contribution in [0.1, 0.15) is 40.0 Å². The van der Waals surface area contributed by atoms with E-state index in [-0.39, 0.29) is 16.8 Å². The van der Waals surface area contributed by atoms with Crippen LogP contribution in [0, 0.1) is 13.8 Å². The second-order valence-corrected chi connectivity index (χ2v) is 9.38. The summed E-state index contributed by atoms with van der Waals surface area (Å²) in [5.74, 6) is -0.329. The van der Waals surface area contributed by atoms with E-state index >= 15 is 0 Å². The van der Waals surface area contributed by atoms with Crippen LogP contribution in [0.5, 0.6) is 0 Å². The zero-order chi connectivity index (χ0) is 21.9. The Bertz CT molecular complexity index is 1140. The van der Waals surface area contributed by atoms with Crippen LogP contribution >= 0.6 is 0 Å². The van der Waals surface area contributed by atoms with E-state index in [1.807, 2.05) is 45.0 Å². The average molecular weight is 423 g/mol. The van der Waals surface area contributed by atoms with Crippen LogP contribution in [-0.4, -0.2) is 21.4 Å². The number of carbonyl (C=O) groups excluding carboxylic acids is 1. The number of sulfonamides is 1. The third-order valence-electron chi connectivity index (χ3n) is 5.09. The van der Waals surface area contributed by atoms with E-state index in [0.717, 1.165) is 21.0 Å². The molecule has 3 rings (SSSR count). The molecule has 0 unspecified atom stereocenters. The summed E-state index contributed by atoms with van der Waals surface area (Å²) in [5, 5.41) is 2.97. The molecule has 0 aromatic heterocycles. The summed E-state index contributed by atoms with van der Waals surface area (Å²) >= 11 is 0. The summed E-state index contributed by atoms with van der Waals surface area (Å²) in [6, 6.07) is 21.1. The molecule has 0 bridgehead atoms. The van der Waals surface area contributed by atoms with Crippen molar-refractivity contribution in [1.82, 2.24) is 5.32 Å². The highest BCUT2D eigenvalue weighted by Crippen LogP contribution is 2.26. The summed E-state index contributed by atoms with van der Waals surface area (Å²) in [5.41, 5.74) is 3.72. The Balaban J connectivity index is 1.88. The first-order valence-electron chi connectivity index (χ1n) is 9.72.